The van der Waals surface area contributed by atoms with Crippen LogP contribution in [0, 0.1) is 11.2 Å². The molecule has 1 aromatic rings. The maximum Gasteiger partial charge on any atom is 0.319 e. The summed E-state index contributed by atoms with van der Waals surface area (Å²) in [6, 6.07) is 5.46. The van der Waals surface area contributed by atoms with Crippen molar-refractivity contribution in [2.45, 2.75) is 18.9 Å². The number of piperidine rings is 1. The molecular formula is C14H20FN5O. The molecule has 1 heterocycles. The van der Waals surface area contributed by atoms with Crippen molar-refractivity contribution in [1.29, 1.82) is 5.41 Å². The highest BCUT2D eigenvalue weighted by atomic mass is 19.1. The molecule has 1 aliphatic heterocycles. The first-order valence-corrected chi connectivity index (χ1v) is 6.91. The summed E-state index contributed by atoms with van der Waals surface area (Å²) in [6.07, 6.45) is 1.65. The summed E-state index contributed by atoms with van der Waals surface area (Å²) < 4.78 is 12.8. The van der Waals surface area contributed by atoms with E-state index in [1.807, 2.05) is 0 Å². The van der Waals surface area contributed by atoms with Gasteiger partial charge in [-0.3, -0.25) is 10.3 Å². The lowest BCUT2D eigenvalue weighted by atomic mass is 10.1. The van der Waals surface area contributed by atoms with Gasteiger partial charge in [-0.25, -0.2) is 9.18 Å². The summed E-state index contributed by atoms with van der Waals surface area (Å²) in [5.41, 5.74) is 5.93. The van der Waals surface area contributed by atoms with E-state index in [2.05, 4.69) is 15.5 Å². The Morgan fingerprint density at radius 1 is 1.33 bits per heavy atom. The van der Waals surface area contributed by atoms with Crippen molar-refractivity contribution < 1.29 is 9.18 Å². The average Bonchev–Trinajstić information content (AvgIpc) is 2.43. The standard InChI is InChI=1S/C14H20FN5O/c15-10-1-3-11(4-2-10)18-14(21)19-12-5-7-20(8-6-12)9-13(16)17/h1-4,12H,5-9H2,(H3,16,17)(H2,18,19,21). The molecule has 2 amide bonds. The molecule has 0 atom stereocenters. The van der Waals surface area contributed by atoms with Crippen LogP contribution in [0.25, 0.3) is 0 Å². The minimum Gasteiger partial charge on any atom is -0.387 e. The maximum absolute atomic E-state index is 12.8. The molecule has 114 valence electrons. The molecule has 0 aromatic heterocycles. The number of hydrogen-bond donors (Lipinski definition) is 4. The first-order valence-electron chi connectivity index (χ1n) is 6.91. The van der Waals surface area contributed by atoms with Crippen molar-refractivity contribution in [2.24, 2.45) is 5.73 Å². The molecule has 0 saturated carbocycles. The molecule has 0 unspecified atom stereocenters. The second-order valence-electron chi connectivity index (χ2n) is 5.18. The third kappa shape index (κ3) is 5.03. The van der Waals surface area contributed by atoms with E-state index in [9.17, 15) is 9.18 Å². The summed E-state index contributed by atoms with van der Waals surface area (Å²) in [6.45, 7) is 2.09. The number of amidine groups is 1. The van der Waals surface area contributed by atoms with E-state index in [-0.39, 0.29) is 23.7 Å². The number of halogens is 1. The molecular weight excluding hydrogens is 273 g/mol. The molecule has 0 spiro atoms. The molecule has 6 nitrogen and oxygen atoms in total. The second kappa shape index (κ2) is 7.03. The molecule has 1 fully saturated rings. The third-order valence-electron chi connectivity index (χ3n) is 3.42. The maximum atomic E-state index is 12.8. The van der Waals surface area contributed by atoms with Gasteiger partial charge in [0, 0.05) is 24.8 Å². The van der Waals surface area contributed by atoms with Gasteiger partial charge in [0.05, 0.1) is 6.54 Å². The van der Waals surface area contributed by atoms with Crippen LogP contribution in [0.1, 0.15) is 12.8 Å². The summed E-state index contributed by atoms with van der Waals surface area (Å²) in [7, 11) is 0. The largest absolute Gasteiger partial charge is 0.387 e. The number of nitrogens with zero attached hydrogens (tertiary/aromatic N) is 1. The molecule has 5 N–H and O–H groups in total. The number of anilines is 1. The quantitative estimate of drug-likeness (QED) is 0.498. The van der Waals surface area contributed by atoms with Gasteiger partial charge in [-0.15, -0.1) is 0 Å². The fourth-order valence-corrected chi connectivity index (χ4v) is 2.36. The van der Waals surface area contributed by atoms with Gasteiger partial charge in [-0.05, 0) is 37.1 Å². The SMILES string of the molecule is N=C(N)CN1CCC(NC(=O)Nc2ccc(F)cc2)CC1. The molecule has 0 bridgehead atoms. The number of benzene rings is 1. The van der Waals surface area contributed by atoms with Gasteiger partial charge in [0.1, 0.15) is 11.7 Å². The van der Waals surface area contributed by atoms with Crippen molar-refractivity contribution in [3.63, 3.8) is 0 Å². The van der Waals surface area contributed by atoms with Crippen LogP contribution in [0.4, 0.5) is 14.9 Å². The lowest BCUT2D eigenvalue weighted by Crippen LogP contribution is -2.47. The summed E-state index contributed by atoms with van der Waals surface area (Å²) in [5, 5.41) is 12.8. The summed E-state index contributed by atoms with van der Waals surface area (Å²) in [5.74, 6) is -0.172. The molecule has 1 aliphatic rings. The van der Waals surface area contributed by atoms with Crippen molar-refractivity contribution >= 4 is 17.6 Å². The molecule has 21 heavy (non-hydrogen) atoms. The Hall–Kier alpha value is -2.15. The molecule has 0 aliphatic carbocycles. The van der Waals surface area contributed by atoms with E-state index in [1.54, 1.807) is 0 Å². The van der Waals surface area contributed by atoms with Gasteiger partial charge < -0.3 is 16.4 Å². The zero-order chi connectivity index (χ0) is 15.2. The Bertz CT molecular complexity index is 497. The van der Waals surface area contributed by atoms with Crippen LogP contribution in [0.15, 0.2) is 24.3 Å². The minimum absolute atomic E-state index is 0.105. The normalized spacial score (nSPS) is 16.4. The number of nitrogens with two attached hydrogens (primary N) is 1. The van der Waals surface area contributed by atoms with Crippen LogP contribution >= 0.6 is 0 Å². The topological polar surface area (TPSA) is 94.2 Å². The molecule has 7 heteroatoms. The van der Waals surface area contributed by atoms with Crippen LogP contribution in [-0.2, 0) is 0 Å². The third-order valence-corrected chi connectivity index (χ3v) is 3.42. The van der Waals surface area contributed by atoms with Gasteiger partial charge in [-0.2, -0.15) is 0 Å². The lowest BCUT2D eigenvalue weighted by Gasteiger charge is -2.31. The lowest BCUT2D eigenvalue weighted by molar-refractivity contribution is 0.212. The van der Waals surface area contributed by atoms with E-state index < -0.39 is 0 Å². The Balaban J connectivity index is 1.74. The van der Waals surface area contributed by atoms with Crippen LogP contribution in [0.5, 0.6) is 0 Å². The monoisotopic (exact) mass is 293 g/mol. The van der Waals surface area contributed by atoms with Crippen molar-refractivity contribution in [1.82, 2.24) is 10.2 Å². The van der Waals surface area contributed by atoms with Gasteiger partial charge >= 0.3 is 6.03 Å². The van der Waals surface area contributed by atoms with Crippen LogP contribution in [0.2, 0.25) is 0 Å². The summed E-state index contributed by atoms with van der Waals surface area (Å²) >= 11 is 0. The van der Waals surface area contributed by atoms with Crippen LogP contribution in [0.3, 0.4) is 0 Å². The number of urea groups is 1. The number of hydrogen-bond acceptors (Lipinski definition) is 3. The van der Waals surface area contributed by atoms with Crippen molar-refractivity contribution in [2.75, 3.05) is 25.0 Å². The number of amides is 2. The molecule has 1 saturated heterocycles. The van der Waals surface area contributed by atoms with E-state index in [0.717, 1.165) is 25.9 Å². The van der Waals surface area contributed by atoms with Gasteiger partial charge in [0.25, 0.3) is 0 Å². The highest BCUT2D eigenvalue weighted by Gasteiger charge is 2.20. The first-order chi connectivity index (χ1) is 10.0. The van der Waals surface area contributed by atoms with E-state index in [0.29, 0.717) is 12.2 Å². The zero-order valence-corrected chi connectivity index (χ0v) is 11.7. The van der Waals surface area contributed by atoms with Crippen LogP contribution < -0.4 is 16.4 Å². The second-order valence-corrected chi connectivity index (χ2v) is 5.18. The fraction of sp³-hybridized carbons (Fsp3) is 0.429. The Labute approximate surface area is 123 Å². The van der Waals surface area contributed by atoms with E-state index in [1.165, 1.54) is 24.3 Å². The van der Waals surface area contributed by atoms with E-state index in [4.69, 9.17) is 11.1 Å². The Kier molecular flexibility index (Phi) is 5.10. The van der Waals surface area contributed by atoms with Gasteiger partial charge in [-0.1, -0.05) is 0 Å². The Morgan fingerprint density at radius 2 is 1.95 bits per heavy atom. The highest BCUT2D eigenvalue weighted by molar-refractivity contribution is 5.89. The number of carbonyl (C=O) groups excluding carboxylic acids is 1. The van der Waals surface area contributed by atoms with E-state index >= 15 is 0 Å². The predicted octanol–water partition coefficient (Wildman–Crippen LogP) is 1.35. The predicted molar refractivity (Wildman–Crippen MR) is 79.9 cm³/mol. The van der Waals surface area contributed by atoms with Gasteiger partial charge in [0.2, 0.25) is 0 Å². The molecule has 0 radical (unpaired) electrons. The van der Waals surface area contributed by atoms with Crippen LogP contribution in [-0.4, -0.2) is 42.4 Å². The highest BCUT2D eigenvalue weighted by Crippen LogP contribution is 2.11. The molecule has 2 rings (SSSR count). The Morgan fingerprint density at radius 3 is 2.52 bits per heavy atom. The fourth-order valence-electron chi connectivity index (χ4n) is 2.36. The molecule has 1 aromatic carbocycles. The average molecular weight is 293 g/mol. The number of rotatable bonds is 4. The van der Waals surface area contributed by atoms with Crippen molar-refractivity contribution in [3.05, 3.63) is 30.1 Å². The first kappa shape index (κ1) is 15.2. The number of nitrogens with one attached hydrogen (secondary N) is 3. The van der Waals surface area contributed by atoms with Gasteiger partial charge in [0.15, 0.2) is 0 Å². The number of likely N-dealkylation sites (tertiary alicyclic amines) is 1. The minimum atomic E-state index is -0.334. The zero-order valence-electron chi connectivity index (χ0n) is 11.7. The summed E-state index contributed by atoms with van der Waals surface area (Å²) in [4.78, 5) is 13.9. The smallest absolute Gasteiger partial charge is 0.319 e. The van der Waals surface area contributed by atoms with Crippen molar-refractivity contribution in [3.8, 4) is 0 Å². The number of carbonyl (C=O) groups is 1.